The average Bonchev–Trinajstić information content (AvgIpc) is 3.10. The van der Waals surface area contributed by atoms with Gasteiger partial charge in [0.1, 0.15) is 17.5 Å². The molecule has 4 atom stereocenters. The normalized spacial score (nSPS) is 26.8. The minimum absolute atomic E-state index is 0.122. The van der Waals surface area contributed by atoms with Gasteiger partial charge in [0.25, 0.3) is 5.91 Å². The molecule has 1 aromatic carbocycles. The molecule has 28 heavy (non-hydrogen) atoms. The topological polar surface area (TPSA) is 82.9 Å². The summed E-state index contributed by atoms with van der Waals surface area (Å²) in [6.45, 7) is 1.11. The first-order valence-electron chi connectivity index (χ1n) is 9.49. The van der Waals surface area contributed by atoms with Crippen LogP contribution in [0.3, 0.4) is 0 Å². The number of carbonyl (C=O) groups excluding carboxylic acids is 1. The maximum absolute atomic E-state index is 12.8. The van der Waals surface area contributed by atoms with E-state index in [1.807, 2.05) is 12.1 Å². The third-order valence-electron chi connectivity index (χ3n) is 5.68. The van der Waals surface area contributed by atoms with Gasteiger partial charge in [0.05, 0.1) is 12.7 Å². The molecule has 0 unspecified atom stereocenters. The van der Waals surface area contributed by atoms with Crippen molar-refractivity contribution in [1.29, 1.82) is 0 Å². The van der Waals surface area contributed by atoms with Crippen LogP contribution in [0, 0.1) is 11.8 Å². The van der Waals surface area contributed by atoms with Gasteiger partial charge in [-0.3, -0.25) is 9.78 Å². The Morgan fingerprint density at radius 3 is 2.75 bits per heavy atom. The zero-order valence-corrected chi connectivity index (χ0v) is 16.1. The molecule has 2 aromatic rings. The molecule has 1 saturated heterocycles. The minimum atomic E-state index is -0.578. The van der Waals surface area contributed by atoms with Gasteiger partial charge in [0, 0.05) is 24.3 Å². The summed E-state index contributed by atoms with van der Waals surface area (Å²) in [6.07, 6.45) is 1.94. The molecule has 1 aliphatic carbocycles. The number of halogens is 1. The lowest BCUT2D eigenvalue weighted by Gasteiger charge is -2.35. The summed E-state index contributed by atoms with van der Waals surface area (Å²) in [5, 5.41) is 20.4. The third-order valence-corrected chi connectivity index (χ3v) is 5.92. The molecule has 0 radical (unpaired) electrons. The van der Waals surface area contributed by atoms with E-state index in [1.165, 1.54) is 0 Å². The number of fused-ring (bicyclic) bond motifs is 1. The van der Waals surface area contributed by atoms with E-state index in [0.717, 1.165) is 0 Å². The van der Waals surface area contributed by atoms with Gasteiger partial charge in [-0.05, 0) is 60.6 Å². The molecule has 6 nitrogen and oxygen atoms in total. The number of hydrogen-bond acceptors (Lipinski definition) is 5. The van der Waals surface area contributed by atoms with Crippen molar-refractivity contribution in [3.8, 4) is 5.75 Å². The average molecular weight is 403 g/mol. The molecule has 1 saturated carbocycles. The van der Waals surface area contributed by atoms with Crippen molar-refractivity contribution in [2.45, 2.75) is 31.7 Å². The highest BCUT2D eigenvalue weighted by Crippen LogP contribution is 2.38. The van der Waals surface area contributed by atoms with Gasteiger partial charge in [0.2, 0.25) is 0 Å². The second kappa shape index (κ2) is 8.07. The molecule has 2 aliphatic rings. The van der Waals surface area contributed by atoms with Crippen LogP contribution in [-0.2, 0) is 6.61 Å². The van der Waals surface area contributed by atoms with Gasteiger partial charge in [-0.1, -0.05) is 17.7 Å². The first-order chi connectivity index (χ1) is 13.5. The number of aromatic nitrogens is 1. The van der Waals surface area contributed by atoms with Gasteiger partial charge >= 0.3 is 0 Å². The van der Waals surface area contributed by atoms with Crippen LogP contribution in [0.4, 0.5) is 0 Å². The molecular weight excluding hydrogens is 380 g/mol. The van der Waals surface area contributed by atoms with E-state index in [0.29, 0.717) is 48.0 Å². The van der Waals surface area contributed by atoms with Crippen molar-refractivity contribution >= 4 is 17.5 Å². The smallest absolute Gasteiger partial charge is 0.272 e. The molecule has 1 aromatic heterocycles. The predicted molar refractivity (Wildman–Crippen MR) is 104 cm³/mol. The third kappa shape index (κ3) is 3.99. The molecule has 4 rings (SSSR count). The Bertz CT molecular complexity index is 862. The molecule has 0 bridgehead atoms. The van der Waals surface area contributed by atoms with E-state index in [1.54, 1.807) is 35.4 Å². The zero-order chi connectivity index (χ0) is 19.7. The Hall–Kier alpha value is -2.15. The highest BCUT2D eigenvalue weighted by Gasteiger charge is 2.44. The number of carbonyl (C=O) groups is 1. The number of benzene rings is 1. The number of nitrogens with zero attached hydrogens (tertiary/aromatic N) is 2. The van der Waals surface area contributed by atoms with E-state index in [-0.39, 0.29) is 30.5 Å². The van der Waals surface area contributed by atoms with Crippen LogP contribution in [0.15, 0.2) is 42.6 Å². The Kier molecular flexibility index (Phi) is 5.53. The van der Waals surface area contributed by atoms with Gasteiger partial charge in [-0.15, -0.1) is 0 Å². The lowest BCUT2D eigenvalue weighted by molar-refractivity contribution is -0.0231. The quantitative estimate of drug-likeness (QED) is 0.821. The molecular formula is C21H23ClN2O4. The fourth-order valence-electron chi connectivity index (χ4n) is 4.25. The number of amides is 1. The van der Waals surface area contributed by atoms with Crippen molar-refractivity contribution in [2.75, 3.05) is 13.1 Å². The van der Waals surface area contributed by atoms with E-state index in [4.69, 9.17) is 16.3 Å². The SMILES string of the molecule is O=C(c1cc(CO)ccn1)N1C[C@H]2C[C@@H](Oc3cccc(Cl)c3)[C@H](O)C[C@H]2C1. The van der Waals surface area contributed by atoms with Crippen LogP contribution < -0.4 is 4.74 Å². The van der Waals surface area contributed by atoms with Gasteiger partial charge in [-0.25, -0.2) is 0 Å². The summed E-state index contributed by atoms with van der Waals surface area (Å²) in [6, 6.07) is 10.5. The van der Waals surface area contributed by atoms with Crippen molar-refractivity contribution in [3.63, 3.8) is 0 Å². The maximum atomic E-state index is 12.8. The fourth-order valence-corrected chi connectivity index (χ4v) is 4.43. The molecule has 1 aliphatic heterocycles. The summed E-state index contributed by atoms with van der Waals surface area (Å²) in [4.78, 5) is 18.8. The Morgan fingerprint density at radius 1 is 1.21 bits per heavy atom. The predicted octanol–water partition coefficient (Wildman–Crippen LogP) is 2.52. The monoisotopic (exact) mass is 402 g/mol. The number of pyridine rings is 1. The largest absolute Gasteiger partial charge is 0.488 e. The highest BCUT2D eigenvalue weighted by atomic mass is 35.5. The summed E-state index contributed by atoms with van der Waals surface area (Å²) < 4.78 is 5.99. The number of aliphatic hydroxyl groups excluding tert-OH is 2. The summed E-state index contributed by atoms with van der Waals surface area (Å²) in [5.74, 6) is 1.04. The molecule has 2 fully saturated rings. The first-order valence-corrected chi connectivity index (χ1v) is 9.86. The zero-order valence-electron chi connectivity index (χ0n) is 15.4. The van der Waals surface area contributed by atoms with Crippen molar-refractivity contribution < 1.29 is 19.7 Å². The van der Waals surface area contributed by atoms with Crippen molar-refractivity contribution in [1.82, 2.24) is 9.88 Å². The number of aliphatic hydroxyl groups is 2. The number of rotatable bonds is 4. The van der Waals surface area contributed by atoms with E-state index < -0.39 is 6.10 Å². The van der Waals surface area contributed by atoms with Gasteiger partial charge in [0.15, 0.2) is 0 Å². The Morgan fingerprint density at radius 2 is 2.00 bits per heavy atom. The molecule has 0 spiro atoms. The Labute approximate surface area is 168 Å². The van der Waals surface area contributed by atoms with Gasteiger partial charge < -0.3 is 19.8 Å². The van der Waals surface area contributed by atoms with E-state index in [2.05, 4.69) is 4.98 Å². The molecule has 2 heterocycles. The summed E-state index contributed by atoms with van der Waals surface area (Å²) in [7, 11) is 0. The molecule has 7 heteroatoms. The highest BCUT2D eigenvalue weighted by molar-refractivity contribution is 6.30. The van der Waals surface area contributed by atoms with Crippen molar-refractivity contribution in [2.24, 2.45) is 11.8 Å². The van der Waals surface area contributed by atoms with Crippen LogP contribution in [0.2, 0.25) is 5.02 Å². The van der Waals surface area contributed by atoms with Crippen LogP contribution in [0.25, 0.3) is 0 Å². The van der Waals surface area contributed by atoms with Crippen LogP contribution in [-0.4, -0.2) is 51.3 Å². The number of hydrogen-bond donors (Lipinski definition) is 2. The maximum Gasteiger partial charge on any atom is 0.272 e. The van der Waals surface area contributed by atoms with Crippen LogP contribution in [0.5, 0.6) is 5.75 Å². The fraction of sp³-hybridized carbons (Fsp3) is 0.429. The summed E-state index contributed by atoms with van der Waals surface area (Å²) >= 11 is 6.01. The van der Waals surface area contributed by atoms with E-state index >= 15 is 0 Å². The lowest BCUT2D eigenvalue weighted by atomic mass is 9.78. The first kappa shape index (κ1) is 19.2. The number of ether oxygens (including phenoxy) is 1. The summed E-state index contributed by atoms with van der Waals surface area (Å²) in [5.41, 5.74) is 1.01. The number of likely N-dealkylation sites (tertiary alicyclic amines) is 1. The standard InChI is InChI=1S/C21H23ClN2O4/c22-16-2-1-3-17(9-16)28-20-8-15-11-24(10-14(15)7-19(20)26)21(27)18-6-13(12-25)4-5-23-18/h1-6,9,14-15,19-20,25-26H,7-8,10-12H2/t14-,15+,19+,20+/m0/s1. The van der Waals surface area contributed by atoms with Crippen LogP contribution in [0.1, 0.15) is 28.9 Å². The van der Waals surface area contributed by atoms with Crippen molar-refractivity contribution in [3.05, 3.63) is 58.9 Å². The lowest BCUT2D eigenvalue weighted by Crippen LogP contribution is -2.42. The molecule has 148 valence electrons. The minimum Gasteiger partial charge on any atom is -0.488 e. The Balaban J connectivity index is 1.43. The second-order valence-electron chi connectivity index (χ2n) is 7.59. The van der Waals surface area contributed by atoms with Gasteiger partial charge in [-0.2, -0.15) is 0 Å². The molecule has 1 amide bonds. The van der Waals surface area contributed by atoms with E-state index in [9.17, 15) is 15.0 Å². The molecule has 2 N–H and O–H groups in total. The second-order valence-corrected chi connectivity index (χ2v) is 8.03. The van der Waals surface area contributed by atoms with Crippen LogP contribution >= 0.6 is 11.6 Å².